The molecule has 2 aliphatic carbocycles. The first-order valence-corrected chi connectivity index (χ1v) is 9.30. The Morgan fingerprint density at radius 3 is 2.46 bits per heavy atom. The number of hydrogen-bond donors (Lipinski definition) is 1. The van der Waals surface area contributed by atoms with Gasteiger partial charge in [-0.25, -0.2) is 0 Å². The Balaban J connectivity index is 1.40. The molecule has 4 unspecified atom stereocenters. The third kappa shape index (κ3) is 4.22. The minimum absolute atomic E-state index is 0.0309. The molecular formula is C20H29NO3. The van der Waals surface area contributed by atoms with E-state index in [1.807, 2.05) is 24.3 Å². The third-order valence-corrected chi connectivity index (χ3v) is 5.49. The van der Waals surface area contributed by atoms with Crippen molar-refractivity contribution in [1.82, 2.24) is 5.32 Å². The number of fused-ring (bicyclic) bond motifs is 2. The monoisotopic (exact) mass is 331 g/mol. The van der Waals surface area contributed by atoms with Gasteiger partial charge in [-0.05, 0) is 74.6 Å². The van der Waals surface area contributed by atoms with Gasteiger partial charge >= 0.3 is 0 Å². The normalized spacial score (nSPS) is 26.2. The molecule has 1 aromatic rings. The lowest BCUT2D eigenvalue weighted by Crippen LogP contribution is -2.42. The first kappa shape index (κ1) is 17.1. The van der Waals surface area contributed by atoms with Crippen molar-refractivity contribution in [2.75, 3.05) is 13.2 Å². The van der Waals surface area contributed by atoms with Gasteiger partial charge in [0.25, 0.3) is 5.91 Å². The fourth-order valence-corrected chi connectivity index (χ4v) is 4.31. The summed E-state index contributed by atoms with van der Waals surface area (Å²) in [6.07, 6.45) is 6.38. The van der Waals surface area contributed by atoms with Crippen LogP contribution in [0.1, 0.15) is 46.0 Å². The number of carbonyl (C=O) groups excluding carboxylic acids is 1. The molecule has 4 nitrogen and oxygen atoms in total. The molecule has 2 aliphatic rings. The molecule has 0 spiro atoms. The second-order valence-corrected chi connectivity index (χ2v) is 7.30. The zero-order valence-electron chi connectivity index (χ0n) is 14.8. The summed E-state index contributed by atoms with van der Waals surface area (Å²) in [6, 6.07) is 7.69. The second-order valence-electron chi connectivity index (χ2n) is 7.30. The first-order valence-electron chi connectivity index (χ1n) is 9.30. The molecule has 1 amide bonds. The van der Waals surface area contributed by atoms with Crippen molar-refractivity contribution < 1.29 is 14.3 Å². The molecule has 1 N–H and O–H groups in total. The topological polar surface area (TPSA) is 47.6 Å². The molecule has 24 heavy (non-hydrogen) atoms. The lowest BCUT2D eigenvalue weighted by atomic mass is 9.84. The molecule has 4 heteroatoms. The highest BCUT2D eigenvalue weighted by Crippen LogP contribution is 2.49. The predicted molar refractivity (Wildman–Crippen MR) is 94.3 cm³/mol. The molecule has 0 aromatic heterocycles. The van der Waals surface area contributed by atoms with Crippen LogP contribution in [0.5, 0.6) is 11.5 Å². The fourth-order valence-electron chi connectivity index (χ4n) is 4.31. The van der Waals surface area contributed by atoms with E-state index in [4.69, 9.17) is 9.47 Å². The summed E-state index contributed by atoms with van der Waals surface area (Å²) in [5.41, 5.74) is 0. The second kappa shape index (κ2) is 7.91. The molecular weight excluding hydrogens is 302 g/mol. The molecule has 2 bridgehead atoms. The number of carbonyl (C=O) groups is 1. The molecule has 2 fully saturated rings. The number of ether oxygens (including phenoxy) is 2. The molecule has 0 saturated heterocycles. The summed E-state index contributed by atoms with van der Waals surface area (Å²) in [5, 5.41) is 3.13. The van der Waals surface area contributed by atoms with Crippen LogP contribution in [0.25, 0.3) is 0 Å². The highest BCUT2D eigenvalue weighted by atomic mass is 16.5. The van der Waals surface area contributed by atoms with Crippen molar-refractivity contribution in [1.29, 1.82) is 0 Å². The Kier molecular flexibility index (Phi) is 5.64. The Morgan fingerprint density at radius 2 is 1.88 bits per heavy atom. The maximum atomic E-state index is 12.1. The van der Waals surface area contributed by atoms with E-state index in [-0.39, 0.29) is 18.6 Å². The Bertz CT molecular complexity index is 542. The summed E-state index contributed by atoms with van der Waals surface area (Å²) in [7, 11) is 0. The van der Waals surface area contributed by atoms with Crippen LogP contribution in [0.2, 0.25) is 0 Å². The maximum Gasteiger partial charge on any atom is 0.258 e. The number of rotatable bonds is 8. The summed E-state index contributed by atoms with van der Waals surface area (Å²) in [6.45, 7) is 5.00. The van der Waals surface area contributed by atoms with E-state index in [0.717, 1.165) is 24.0 Å². The highest BCUT2D eigenvalue weighted by molar-refractivity contribution is 5.77. The van der Waals surface area contributed by atoms with Gasteiger partial charge in [0.1, 0.15) is 11.5 Å². The van der Waals surface area contributed by atoms with Gasteiger partial charge < -0.3 is 14.8 Å². The van der Waals surface area contributed by atoms with Crippen LogP contribution in [0, 0.1) is 17.8 Å². The molecule has 0 heterocycles. The predicted octanol–water partition coefficient (Wildman–Crippen LogP) is 3.80. The van der Waals surface area contributed by atoms with E-state index < -0.39 is 0 Å². The molecule has 0 aliphatic heterocycles. The summed E-state index contributed by atoms with van der Waals surface area (Å²) >= 11 is 0. The lowest BCUT2D eigenvalue weighted by molar-refractivity contribution is -0.124. The zero-order valence-corrected chi connectivity index (χ0v) is 14.8. The SMILES string of the molecule is CCCOc1ccc(OCC(=O)NC(C)C2CC3CCC2C3)cc1. The maximum absolute atomic E-state index is 12.1. The van der Waals surface area contributed by atoms with Crippen LogP contribution in [-0.4, -0.2) is 25.2 Å². The van der Waals surface area contributed by atoms with Crippen LogP contribution in [0.4, 0.5) is 0 Å². The van der Waals surface area contributed by atoms with E-state index in [1.54, 1.807) is 0 Å². The standard InChI is InChI=1S/C20H29NO3/c1-3-10-23-17-6-8-18(9-7-17)24-13-20(22)21-14(2)19-12-15-4-5-16(19)11-15/h6-9,14-16,19H,3-5,10-13H2,1-2H3,(H,21,22). The minimum atomic E-state index is -0.0309. The van der Waals surface area contributed by atoms with E-state index in [1.165, 1.54) is 25.7 Å². The first-order chi connectivity index (χ1) is 11.7. The number of hydrogen-bond acceptors (Lipinski definition) is 3. The minimum Gasteiger partial charge on any atom is -0.494 e. The van der Waals surface area contributed by atoms with Crippen molar-refractivity contribution in [3.63, 3.8) is 0 Å². The van der Waals surface area contributed by atoms with Crippen LogP contribution in [-0.2, 0) is 4.79 Å². The lowest BCUT2D eigenvalue weighted by Gasteiger charge is -2.28. The van der Waals surface area contributed by atoms with Crippen molar-refractivity contribution >= 4 is 5.91 Å². The molecule has 3 rings (SSSR count). The summed E-state index contributed by atoms with van der Waals surface area (Å²) < 4.78 is 11.1. The average Bonchev–Trinajstić information content (AvgIpc) is 3.22. The Morgan fingerprint density at radius 1 is 1.17 bits per heavy atom. The van der Waals surface area contributed by atoms with Crippen LogP contribution >= 0.6 is 0 Å². The van der Waals surface area contributed by atoms with Crippen molar-refractivity contribution in [3.8, 4) is 11.5 Å². The van der Waals surface area contributed by atoms with Crippen LogP contribution in [0.15, 0.2) is 24.3 Å². The number of amides is 1. The van der Waals surface area contributed by atoms with Gasteiger partial charge in [-0.3, -0.25) is 4.79 Å². The largest absolute Gasteiger partial charge is 0.494 e. The van der Waals surface area contributed by atoms with Gasteiger partial charge in [0.15, 0.2) is 6.61 Å². The van der Waals surface area contributed by atoms with Crippen molar-refractivity contribution in [3.05, 3.63) is 24.3 Å². The van der Waals surface area contributed by atoms with E-state index in [0.29, 0.717) is 18.3 Å². The fraction of sp³-hybridized carbons (Fsp3) is 0.650. The molecule has 132 valence electrons. The average molecular weight is 331 g/mol. The summed E-state index contributed by atoms with van der Waals surface area (Å²) in [5.74, 6) is 3.88. The van der Waals surface area contributed by atoms with E-state index >= 15 is 0 Å². The molecule has 1 aromatic carbocycles. The highest BCUT2D eigenvalue weighted by Gasteiger charge is 2.42. The van der Waals surface area contributed by atoms with Crippen LogP contribution in [0.3, 0.4) is 0 Å². The quantitative estimate of drug-likeness (QED) is 0.788. The van der Waals surface area contributed by atoms with Gasteiger partial charge in [0.05, 0.1) is 6.61 Å². The zero-order chi connectivity index (χ0) is 16.9. The number of nitrogens with one attached hydrogen (secondary N) is 1. The van der Waals surface area contributed by atoms with Crippen molar-refractivity contribution in [2.45, 2.75) is 52.0 Å². The Labute approximate surface area is 144 Å². The summed E-state index contributed by atoms with van der Waals surface area (Å²) in [4.78, 5) is 12.1. The number of benzene rings is 1. The van der Waals surface area contributed by atoms with Gasteiger partial charge in [0, 0.05) is 6.04 Å². The van der Waals surface area contributed by atoms with Crippen LogP contribution < -0.4 is 14.8 Å². The Hall–Kier alpha value is -1.71. The van der Waals surface area contributed by atoms with E-state index in [9.17, 15) is 4.79 Å². The molecule has 4 atom stereocenters. The third-order valence-electron chi connectivity index (χ3n) is 5.49. The van der Waals surface area contributed by atoms with Crippen molar-refractivity contribution in [2.24, 2.45) is 17.8 Å². The van der Waals surface area contributed by atoms with Gasteiger partial charge in [-0.2, -0.15) is 0 Å². The van der Waals surface area contributed by atoms with Gasteiger partial charge in [0.2, 0.25) is 0 Å². The molecule has 0 radical (unpaired) electrons. The van der Waals surface area contributed by atoms with Gasteiger partial charge in [-0.1, -0.05) is 13.3 Å². The molecule has 2 saturated carbocycles. The smallest absolute Gasteiger partial charge is 0.258 e. The van der Waals surface area contributed by atoms with E-state index in [2.05, 4.69) is 19.2 Å². The van der Waals surface area contributed by atoms with Gasteiger partial charge in [-0.15, -0.1) is 0 Å².